The number of nitrogens with one attached hydrogen (secondary N) is 1. The lowest BCUT2D eigenvalue weighted by molar-refractivity contribution is -0.384. The normalized spacial score (nSPS) is 13.7. The number of para-hydroxylation sites is 1. The van der Waals surface area contributed by atoms with Crippen molar-refractivity contribution in [3.63, 3.8) is 0 Å². The molecule has 0 bridgehead atoms. The van der Waals surface area contributed by atoms with E-state index in [2.05, 4.69) is 10.3 Å². The van der Waals surface area contributed by atoms with Gasteiger partial charge < -0.3 is 10.2 Å². The number of anilines is 2. The summed E-state index contributed by atoms with van der Waals surface area (Å²) in [5.74, 6) is -0.502. The molecule has 1 fully saturated rings. The summed E-state index contributed by atoms with van der Waals surface area (Å²) in [6.45, 7) is 1.53. The molecule has 178 valence electrons. The fourth-order valence-corrected chi connectivity index (χ4v) is 5.78. The number of nitro groups is 1. The summed E-state index contributed by atoms with van der Waals surface area (Å²) in [7, 11) is 0. The van der Waals surface area contributed by atoms with Gasteiger partial charge in [-0.05, 0) is 55.7 Å². The van der Waals surface area contributed by atoms with Gasteiger partial charge in [0.1, 0.15) is 10.7 Å². The van der Waals surface area contributed by atoms with E-state index in [1.807, 2.05) is 29.2 Å². The van der Waals surface area contributed by atoms with Crippen LogP contribution >= 0.6 is 34.5 Å². The first-order chi connectivity index (χ1) is 16.9. The van der Waals surface area contributed by atoms with Crippen LogP contribution in [-0.4, -0.2) is 28.9 Å². The Labute approximate surface area is 215 Å². The lowest BCUT2D eigenvalue weighted by Gasteiger charge is -2.28. The topological polar surface area (TPSA) is 88.4 Å². The molecule has 1 amide bonds. The van der Waals surface area contributed by atoms with Gasteiger partial charge in [0.05, 0.1) is 30.9 Å². The van der Waals surface area contributed by atoms with Crippen molar-refractivity contribution in [2.45, 2.75) is 19.3 Å². The number of amides is 1. The molecule has 2 heterocycles. The van der Waals surface area contributed by atoms with Crippen molar-refractivity contribution >= 4 is 67.7 Å². The zero-order chi connectivity index (χ0) is 24.5. The van der Waals surface area contributed by atoms with Crippen LogP contribution in [0.15, 0.2) is 54.6 Å². The fraction of sp³-hybridized carbons (Fsp3) is 0.200. The lowest BCUT2D eigenvalue weighted by Crippen LogP contribution is -2.30. The van der Waals surface area contributed by atoms with E-state index >= 15 is 0 Å². The summed E-state index contributed by atoms with van der Waals surface area (Å²) >= 11 is 14.3. The third-order valence-electron chi connectivity index (χ3n) is 5.96. The minimum Gasteiger partial charge on any atom is -0.366 e. The Bertz CT molecular complexity index is 1420. The van der Waals surface area contributed by atoms with Gasteiger partial charge in [0, 0.05) is 30.3 Å². The third kappa shape index (κ3) is 4.82. The smallest absolute Gasteiger partial charge is 0.293 e. The molecule has 3 aromatic carbocycles. The summed E-state index contributed by atoms with van der Waals surface area (Å²) in [5.41, 5.74) is 2.46. The molecule has 0 unspecified atom stereocenters. The van der Waals surface area contributed by atoms with Crippen LogP contribution in [-0.2, 0) is 0 Å². The number of nitro benzene ring substituents is 1. The minimum absolute atomic E-state index is 0.0862. The monoisotopic (exact) mass is 526 g/mol. The average Bonchev–Trinajstić information content (AvgIpc) is 3.29. The molecule has 1 N–H and O–H groups in total. The van der Waals surface area contributed by atoms with E-state index in [0.717, 1.165) is 42.6 Å². The maximum Gasteiger partial charge on any atom is 0.293 e. The van der Waals surface area contributed by atoms with Crippen molar-refractivity contribution in [3.05, 3.63) is 80.3 Å². The average molecular weight is 527 g/mol. The first-order valence-corrected chi connectivity index (χ1v) is 12.7. The second-order valence-corrected chi connectivity index (χ2v) is 10.1. The quantitative estimate of drug-likeness (QED) is 0.216. The molecular weight excluding hydrogens is 507 g/mol. The predicted molar refractivity (Wildman–Crippen MR) is 142 cm³/mol. The second-order valence-electron chi connectivity index (χ2n) is 8.26. The summed E-state index contributed by atoms with van der Waals surface area (Å²) < 4.78 is 1.01. The van der Waals surface area contributed by atoms with E-state index in [-0.39, 0.29) is 16.3 Å². The Morgan fingerprint density at radius 1 is 1.03 bits per heavy atom. The number of carbonyl (C=O) groups is 1. The molecule has 4 aromatic rings. The van der Waals surface area contributed by atoms with Crippen LogP contribution in [0.4, 0.5) is 17.1 Å². The van der Waals surface area contributed by atoms with Crippen molar-refractivity contribution < 1.29 is 9.72 Å². The van der Waals surface area contributed by atoms with Gasteiger partial charge in [0.25, 0.3) is 11.6 Å². The molecule has 7 nitrogen and oxygen atoms in total. The molecule has 0 spiro atoms. The predicted octanol–water partition coefficient (Wildman–Crippen LogP) is 7.42. The van der Waals surface area contributed by atoms with Gasteiger partial charge >= 0.3 is 0 Å². The summed E-state index contributed by atoms with van der Waals surface area (Å²) in [5, 5.41) is 15.9. The van der Waals surface area contributed by atoms with Gasteiger partial charge in [-0.15, -0.1) is 11.3 Å². The van der Waals surface area contributed by atoms with Crippen LogP contribution in [0.1, 0.15) is 29.6 Å². The number of rotatable bonds is 5. The van der Waals surface area contributed by atoms with E-state index in [9.17, 15) is 14.9 Å². The molecular formula is C25H20Cl2N4O3S. The Hall–Kier alpha value is -3.20. The fourth-order valence-electron chi connectivity index (χ4n) is 4.20. The highest BCUT2D eigenvalue weighted by Crippen LogP contribution is 2.39. The molecule has 0 radical (unpaired) electrons. The Morgan fingerprint density at radius 3 is 2.54 bits per heavy atom. The van der Waals surface area contributed by atoms with Gasteiger partial charge in [-0.2, -0.15) is 0 Å². The number of piperidine rings is 1. The number of thiazole rings is 1. The van der Waals surface area contributed by atoms with Gasteiger partial charge in [-0.3, -0.25) is 14.9 Å². The van der Waals surface area contributed by atoms with E-state index in [1.165, 1.54) is 17.4 Å². The number of benzene rings is 3. The van der Waals surface area contributed by atoms with E-state index in [0.29, 0.717) is 27.0 Å². The molecule has 0 saturated carbocycles. The number of nitrogens with zero attached hydrogens (tertiary/aromatic N) is 3. The summed E-state index contributed by atoms with van der Waals surface area (Å²) in [6, 6.07) is 15.5. The lowest BCUT2D eigenvalue weighted by atomic mass is 10.1. The van der Waals surface area contributed by atoms with Gasteiger partial charge in [-0.25, -0.2) is 4.98 Å². The molecule has 1 aliphatic rings. The largest absolute Gasteiger partial charge is 0.366 e. The highest BCUT2D eigenvalue weighted by molar-refractivity contribution is 7.21. The van der Waals surface area contributed by atoms with Crippen molar-refractivity contribution in [1.29, 1.82) is 0 Å². The van der Waals surface area contributed by atoms with E-state index < -0.39 is 10.8 Å². The molecule has 1 aliphatic heterocycles. The number of hydrogen-bond donors (Lipinski definition) is 1. The number of fused-ring (bicyclic) bond motifs is 1. The maximum atomic E-state index is 13.1. The van der Waals surface area contributed by atoms with Crippen molar-refractivity contribution in [2.75, 3.05) is 23.3 Å². The second kappa shape index (κ2) is 9.81. The number of carbonyl (C=O) groups excluding carboxylic acids is 1. The van der Waals surface area contributed by atoms with Crippen molar-refractivity contribution in [1.82, 2.24) is 4.98 Å². The van der Waals surface area contributed by atoms with Gasteiger partial charge in [0.2, 0.25) is 0 Å². The van der Waals surface area contributed by atoms with Crippen LogP contribution in [0.25, 0.3) is 20.8 Å². The highest BCUT2D eigenvalue weighted by atomic mass is 35.5. The summed E-state index contributed by atoms with van der Waals surface area (Å²) in [6.07, 6.45) is 3.10. The maximum absolute atomic E-state index is 13.1. The van der Waals surface area contributed by atoms with Crippen LogP contribution in [0, 0.1) is 10.1 Å². The number of hydrogen-bond acceptors (Lipinski definition) is 6. The first-order valence-electron chi connectivity index (χ1n) is 11.1. The van der Waals surface area contributed by atoms with Gasteiger partial charge in [0.15, 0.2) is 0 Å². The SMILES string of the molecule is O=C(Nc1cc(-c2nc3ccccc3s2)c(Cl)cc1Cl)c1ccc(N2CCCCC2)c([N+](=O)[O-])c1. The highest BCUT2D eigenvalue weighted by Gasteiger charge is 2.24. The molecule has 5 rings (SSSR count). The third-order valence-corrected chi connectivity index (χ3v) is 7.66. The molecule has 35 heavy (non-hydrogen) atoms. The Morgan fingerprint density at radius 2 is 1.80 bits per heavy atom. The van der Waals surface area contributed by atoms with Crippen molar-refractivity contribution in [2.24, 2.45) is 0 Å². The Kier molecular flexibility index (Phi) is 6.60. The van der Waals surface area contributed by atoms with E-state index in [1.54, 1.807) is 24.3 Å². The molecule has 0 atom stereocenters. The number of aromatic nitrogens is 1. The van der Waals surface area contributed by atoms with Crippen LogP contribution in [0.3, 0.4) is 0 Å². The zero-order valence-corrected chi connectivity index (χ0v) is 20.8. The van der Waals surface area contributed by atoms with E-state index in [4.69, 9.17) is 23.2 Å². The van der Waals surface area contributed by atoms with Crippen LogP contribution < -0.4 is 10.2 Å². The molecule has 1 saturated heterocycles. The van der Waals surface area contributed by atoms with Crippen molar-refractivity contribution in [3.8, 4) is 10.6 Å². The summed E-state index contributed by atoms with van der Waals surface area (Å²) in [4.78, 5) is 31.0. The minimum atomic E-state index is -0.502. The number of halogens is 2. The Balaban J connectivity index is 1.45. The molecule has 1 aromatic heterocycles. The van der Waals surface area contributed by atoms with Gasteiger partial charge in [-0.1, -0.05) is 35.3 Å². The van der Waals surface area contributed by atoms with Crippen LogP contribution in [0.2, 0.25) is 10.0 Å². The van der Waals surface area contributed by atoms with Crippen LogP contribution in [0.5, 0.6) is 0 Å². The molecule has 0 aliphatic carbocycles. The first kappa shape index (κ1) is 23.5. The molecule has 10 heteroatoms. The zero-order valence-electron chi connectivity index (χ0n) is 18.5. The standard InChI is InChI=1S/C25H20Cl2N4O3S/c26-17-14-18(27)20(13-16(17)25-29-19-6-2-3-7-23(19)35-25)28-24(32)15-8-9-21(22(12-15)31(33)34)30-10-4-1-5-11-30/h2-3,6-9,12-14H,1,4-5,10-11H2,(H,28,32).